The number of urea groups is 1. The first-order chi connectivity index (χ1) is 10.5. The molecule has 1 atom stereocenters. The highest BCUT2D eigenvalue weighted by atomic mass is 16.2. The summed E-state index contributed by atoms with van der Waals surface area (Å²) in [7, 11) is 0. The second-order valence-corrected chi connectivity index (χ2v) is 5.99. The highest BCUT2D eigenvalue weighted by molar-refractivity contribution is 5.90. The molecule has 1 unspecified atom stereocenters. The third kappa shape index (κ3) is 4.35. The van der Waals surface area contributed by atoms with Gasteiger partial charge in [-0.1, -0.05) is 32.0 Å². The van der Waals surface area contributed by atoms with Crippen molar-refractivity contribution in [1.82, 2.24) is 15.5 Å². The standard InChI is InChI=1S/C17H24N4O/c1-11(2)15-7-5-6-8-16(15)19-17(22)18-12(3)9-14-10-13(4)20-21-14/h5-8,10-12H,9H2,1-4H3,(H,20,21)(H2,18,19,22). The SMILES string of the molecule is Cc1cc(CC(C)NC(=O)Nc2ccccc2C(C)C)n[nH]1. The van der Waals surface area contributed by atoms with E-state index in [0.29, 0.717) is 12.3 Å². The minimum Gasteiger partial charge on any atom is -0.335 e. The molecule has 0 radical (unpaired) electrons. The molecule has 0 aliphatic carbocycles. The van der Waals surface area contributed by atoms with Crippen LogP contribution < -0.4 is 10.6 Å². The van der Waals surface area contributed by atoms with Crippen molar-refractivity contribution in [3.63, 3.8) is 0 Å². The first-order valence-corrected chi connectivity index (χ1v) is 7.63. The molecular formula is C17H24N4O. The number of carbonyl (C=O) groups excluding carboxylic acids is 1. The maximum Gasteiger partial charge on any atom is 0.319 e. The van der Waals surface area contributed by atoms with Gasteiger partial charge in [-0.2, -0.15) is 5.10 Å². The van der Waals surface area contributed by atoms with Crippen molar-refractivity contribution in [2.24, 2.45) is 0 Å². The number of nitrogens with one attached hydrogen (secondary N) is 3. The van der Waals surface area contributed by atoms with E-state index >= 15 is 0 Å². The molecule has 2 rings (SSSR count). The van der Waals surface area contributed by atoms with Gasteiger partial charge in [0.25, 0.3) is 0 Å². The monoisotopic (exact) mass is 300 g/mol. The topological polar surface area (TPSA) is 69.8 Å². The van der Waals surface area contributed by atoms with Crippen LogP contribution in [0.15, 0.2) is 30.3 Å². The van der Waals surface area contributed by atoms with E-state index in [2.05, 4.69) is 34.7 Å². The highest BCUT2D eigenvalue weighted by Gasteiger charge is 2.12. The first-order valence-electron chi connectivity index (χ1n) is 7.63. The number of aryl methyl sites for hydroxylation is 1. The Morgan fingerprint density at radius 2 is 2.00 bits per heavy atom. The zero-order valence-corrected chi connectivity index (χ0v) is 13.6. The van der Waals surface area contributed by atoms with E-state index in [-0.39, 0.29) is 12.1 Å². The van der Waals surface area contributed by atoms with Crippen LogP contribution in [-0.2, 0) is 6.42 Å². The summed E-state index contributed by atoms with van der Waals surface area (Å²) in [6.07, 6.45) is 0.698. The summed E-state index contributed by atoms with van der Waals surface area (Å²) in [5.41, 5.74) is 3.97. The summed E-state index contributed by atoms with van der Waals surface area (Å²) >= 11 is 0. The predicted molar refractivity (Wildman–Crippen MR) is 89.2 cm³/mol. The van der Waals surface area contributed by atoms with Crippen LogP contribution in [0.3, 0.4) is 0 Å². The molecule has 3 N–H and O–H groups in total. The molecule has 2 aromatic rings. The molecule has 0 spiro atoms. The fraction of sp³-hybridized carbons (Fsp3) is 0.412. The van der Waals surface area contributed by atoms with Gasteiger partial charge in [0.1, 0.15) is 0 Å². The van der Waals surface area contributed by atoms with Gasteiger partial charge in [-0.15, -0.1) is 0 Å². The van der Waals surface area contributed by atoms with E-state index in [1.807, 2.05) is 44.2 Å². The summed E-state index contributed by atoms with van der Waals surface area (Å²) < 4.78 is 0. The molecule has 1 heterocycles. The lowest BCUT2D eigenvalue weighted by molar-refractivity contribution is 0.249. The lowest BCUT2D eigenvalue weighted by Gasteiger charge is -2.16. The van der Waals surface area contributed by atoms with Gasteiger partial charge in [0.15, 0.2) is 0 Å². The number of carbonyl (C=O) groups is 1. The lowest BCUT2D eigenvalue weighted by atomic mass is 10.0. The number of nitrogens with zero attached hydrogens (tertiary/aromatic N) is 1. The van der Waals surface area contributed by atoms with Crippen LogP contribution in [0.5, 0.6) is 0 Å². The average Bonchev–Trinajstić information content (AvgIpc) is 2.83. The van der Waals surface area contributed by atoms with E-state index in [9.17, 15) is 4.79 Å². The molecule has 22 heavy (non-hydrogen) atoms. The smallest absolute Gasteiger partial charge is 0.319 e. The lowest BCUT2D eigenvalue weighted by Crippen LogP contribution is -2.37. The van der Waals surface area contributed by atoms with Crippen LogP contribution in [0, 0.1) is 6.92 Å². The van der Waals surface area contributed by atoms with E-state index in [1.54, 1.807) is 0 Å². The molecular weight excluding hydrogens is 276 g/mol. The normalized spacial score (nSPS) is 12.2. The summed E-state index contributed by atoms with van der Waals surface area (Å²) in [5.74, 6) is 0.362. The highest BCUT2D eigenvalue weighted by Crippen LogP contribution is 2.23. The van der Waals surface area contributed by atoms with Crippen LogP contribution in [0.4, 0.5) is 10.5 Å². The molecule has 2 amide bonds. The Hall–Kier alpha value is -2.30. The maximum atomic E-state index is 12.1. The Morgan fingerprint density at radius 3 is 2.64 bits per heavy atom. The summed E-state index contributed by atoms with van der Waals surface area (Å²) in [6.45, 7) is 8.16. The molecule has 0 bridgehead atoms. The van der Waals surface area contributed by atoms with Crippen LogP contribution in [0.1, 0.15) is 43.6 Å². The molecule has 0 aliphatic rings. The van der Waals surface area contributed by atoms with Gasteiger partial charge >= 0.3 is 6.03 Å². The van der Waals surface area contributed by atoms with Gasteiger partial charge in [-0.25, -0.2) is 4.79 Å². The van der Waals surface area contributed by atoms with Crippen molar-refractivity contribution >= 4 is 11.7 Å². The Balaban J connectivity index is 1.92. The van der Waals surface area contributed by atoms with Crippen molar-refractivity contribution in [2.75, 3.05) is 5.32 Å². The number of hydrogen-bond donors (Lipinski definition) is 3. The summed E-state index contributed by atoms with van der Waals surface area (Å²) in [4.78, 5) is 12.1. The minimum atomic E-state index is -0.187. The number of rotatable bonds is 5. The van der Waals surface area contributed by atoms with E-state index < -0.39 is 0 Å². The number of aromatic amines is 1. The van der Waals surface area contributed by atoms with Crippen LogP contribution in [0.25, 0.3) is 0 Å². The molecule has 0 fully saturated rings. The average molecular weight is 300 g/mol. The van der Waals surface area contributed by atoms with Gasteiger partial charge in [0.05, 0.1) is 5.69 Å². The molecule has 0 aliphatic heterocycles. The molecule has 5 nitrogen and oxygen atoms in total. The molecule has 1 aromatic carbocycles. The number of H-pyrrole nitrogens is 1. The van der Waals surface area contributed by atoms with Crippen molar-refractivity contribution in [1.29, 1.82) is 0 Å². The fourth-order valence-electron chi connectivity index (χ4n) is 2.44. The maximum absolute atomic E-state index is 12.1. The Kier molecular flexibility index (Phi) is 5.20. The summed E-state index contributed by atoms with van der Waals surface area (Å²) in [6, 6.07) is 9.69. The van der Waals surface area contributed by atoms with Gasteiger partial charge < -0.3 is 10.6 Å². The zero-order valence-electron chi connectivity index (χ0n) is 13.6. The van der Waals surface area contributed by atoms with E-state index in [0.717, 1.165) is 22.6 Å². The molecule has 0 saturated heterocycles. The third-order valence-corrected chi connectivity index (χ3v) is 3.48. The number of anilines is 1. The number of benzene rings is 1. The first kappa shape index (κ1) is 16.1. The van der Waals surface area contributed by atoms with Crippen LogP contribution >= 0.6 is 0 Å². The minimum absolute atomic E-state index is 0.00825. The van der Waals surface area contributed by atoms with Gasteiger partial charge in [0.2, 0.25) is 0 Å². The number of hydrogen-bond acceptors (Lipinski definition) is 2. The second kappa shape index (κ2) is 7.11. The Morgan fingerprint density at radius 1 is 1.27 bits per heavy atom. The zero-order chi connectivity index (χ0) is 16.1. The fourth-order valence-corrected chi connectivity index (χ4v) is 2.44. The second-order valence-electron chi connectivity index (χ2n) is 5.99. The van der Waals surface area contributed by atoms with Crippen LogP contribution in [-0.4, -0.2) is 22.3 Å². The van der Waals surface area contributed by atoms with Gasteiger partial charge in [0, 0.05) is 23.8 Å². The van der Waals surface area contributed by atoms with Crippen molar-refractivity contribution in [2.45, 2.75) is 46.1 Å². The van der Waals surface area contributed by atoms with Crippen molar-refractivity contribution < 1.29 is 4.79 Å². The Labute approximate surface area is 131 Å². The number of para-hydroxylation sites is 1. The van der Waals surface area contributed by atoms with E-state index in [4.69, 9.17) is 0 Å². The van der Waals surface area contributed by atoms with Crippen LogP contribution in [0.2, 0.25) is 0 Å². The molecule has 0 saturated carbocycles. The molecule has 118 valence electrons. The largest absolute Gasteiger partial charge is 0.335 e. The third-order valence-electron chi connectivity index (χ3n) is 3.48. The van der Waals surface area contributed by atoms with Gasteiger partial charge in [-0.05, 0) is 37.5 Å². The van der Waals surface area contributed by atoms with Gasteiger partial charge in [-0.3, -0.25) is 5.10 Å². The molecule has 5 heteroatoms. The number of aromatic nitrogens is 2. The van der Waals surface area contributed by atoms with Crippen molar-refractivity contribution in [3.8, 4) is 0 Å². The molecule has 1 aromatic heterocycles. The quantitative estimate of drug-likeness (QED) is 0.789. The predicted octanol–water partition coefficient (Wildman–Crippen LogP) is 3.59. The van der Waals surface area contributed by atoms with Crippen molar-refractivity contribution in [3.05, 3.63) is 47.3 Å². The Bertz CT molecular complexity index is 633. The summed E-state index contributed by atoms with van der Waals surface area (Å²) in [5, 5.41) is 13.0. The number of amides is 2. The van der Waals surface area contributed by atoms with E-state index in [1.165, 1.54) is 0 Å².